The number of nitrogens with zero attached hydrogens (tertiary/aromatic N) is 1. The van der Waals surface area contributed by atoms with Crippen molar-refractivity contribution in [2.24, 2.45) is 0 Å². The van der Waals surface area contributed by atoms with E-state index in [1.807, 2.05) is 0 Å². The first-order chi connectivity index (χ1) is 7.10. The summed E-state index contributed by atoms with van der Waals surface area (Å²) < 4.78 is 0. The van der Waals surface area contributed by atoms with Gasteiger partial charge in [-0.2, -0.15) is 0 Å². The summed E-state index contributed by atoms with van der Waals surface area (Å²) in [5, 5.41) is 28.3. The minimum atomic E-state index is -1.04. The molecule has 15 heavy (non-hydrogen) atoms. The molecule has 2 unspecified atom stereocenters. The second-order valence-electron chi connectivity index (χ2n) is 3.14. The Hall–Kier alpha value is -0.690. The summed E-state index contributed by atoms with van der Waals surface area (Å²) >= 11 is 3.06. The van der Waals surface area contributed by atoms with Gasteiger partial charge in [0.2, 0.25) is 0 Å². The second kappa shape index (κ2) is 5.41. The van der Waals surface area contributed by atoms with Gasteiger partial charge < -0.3 is 21.1 Å². The Morgan fingerprint density at radius 3 is 2.67 bits per heavy atom. The van der Waals surface area contributed by atoms with Gasteiger partial charge in [-0.25, -0.2) is 4.98 Å². The average Bonchev–Trinajstić information content (AvgIpc) is 2.27. The van der Waals surface area contributed by atoms with Crippen molar-refractivity contribution in [3.8, 4) is 0 Å². The zero-order valence-corrected chi connectivity index (χ0v) is 9.55. The normalized spacial score (nSPS) is 14.9. The van der Waals surface area contributed by atoms with Gasteiger partial charge >= 0.3 is 0 Å². The van der Waals surface area contributed by atoms with Crippen LogP contribution >= 0.6 is 15.9 Å². The van der Waals surface area contributed by atoms with Gasteiger partial charge in [-0.15, -0.1) is 0 Å². The number of rotatable bonds is 4. The molecule has 0 aromatic carbocycles. The lowest BCUT2D eigenvalue weighted by atomic mass is 10.1. The van der Waals surface area contributed by atoms with Crippen LogP contribution in [0.2, 0.25) is 0 Å². The van der Waals surface area contributed by atoms with Gasteiger partial charge in [0.1, 0.15) is 11.9 Å². The van der Waals surface area contributed by atoms with Crippen molar-refractivity contribution < 1.29 is 15.3 Å². The van der Waals surface area contributed by atoms with Crippen LogP contribution < -0.4 is 5.73 Å². The Balaban J connectivity index is 2.95. The Morgan fingerprint density at radius 1 is 1.47 bits per heavy atom. The van der Waals surface area contributed by atoms with Crippen LogP contribution in [0.4, 0.5) is 5.82 Å². The fourth-order valence-electron chi connectivity index (χ4n) is 1.13. The number of pyridine rings is 1. The first-order valence-corrected chi connectivity index (χ1v) is 5.49. The molecule has 0 aliphatic heterocycles. The maximum atomic E-state index is 9.66. The molecular formula is C9H13BrN2O3. The van der Waals surface area contributed by atoms with Crippen LogP contribution in [0.1, 0.15) is 17.2 Å². The van der Waals surface area contributed by atoms with E-state index >= 15 is 0 Å². The largest absolute Gasteiger partial charge is 0.392 e. The van der Waals surface area contributed by atoms with Crippen LogP contribution in [-0.4, -0.2) is 31.7 Å². The van der Waals surface area contributed by atoms with Gasteiger partial charge in [0.05, 0.1) is 12.7 Å². The molecule has 0 bridgehead atoms. The zero-order chi connectivity index (χ0) is 11.4. The van der Waals surface area contributed by atoms with Gasteiger partial charge in [-0.3, -0.25) is 0 Å². The average molecular weight is 277 g/mol. The number of aromatic nitrogens is 1. The summed E-state index contributed by atoms with van der Waals surface area (Å²) in [5.74, 6) is 0.224. The van der Waals surface area contributed by atoms with Crippen LogP contribution in [0.25, 0.3) is 0 Å². The van der Waals surface area contributed by atoms with E-state index in [0.29, 0.717) is 11.1 Å². The molecule has 2 atom stereocenters. The van der Waals surface area contributed by atoms with Crippen LogP contribution in [0.3, 0.4) is 0 Å². The highest BCUT2D eigenvalue weighted by Crippen LogP contribution is 2.20. The Morgan fingerprint density at radius 2 is 2.13 bits per heavy atom. The third-order valence-corrected chi connectivity index (χ3v) is 2.72. The summed E-state index contributed by atoms with van der Waals surface area (Å²) in [7, 11) is 0. The van der Waals surface area contributed by atoms with E-state index in [0.717, 1.165) is 0 Å². The van der Waals surface area contributed by atoms with Crippen LogP contribution in [0, 0.1) is 0 Å². The molecule has 1 aromatic rings. The zero-order valence-electron chi connectivity index (χ0n) is 7.97. The predicted octanol–water partition coefficient (Wildman–Crippen LogP) is -0.0547. The van der Waals surface area contributed by atoms with Gasteiger partial charge in [0.25, 0.3) is 0 Å². The molecule has 0 saturated carbocycles. The molecule has 1 rings (SSSR count). The Labute approximate surface area is 95.7 Å². The molecule has 84 valence electrons. The topological polar surface area (TPSA) is 99.6 Å². The molecule has 0 aliphatic carbocycles. The number of aliphatic hydroxyl groups is 3. The van der Waals surface area contributed by atoms with E-state index in [1.165, 1.54) is 12.3 Å². The standard InChI is InChI=1S/C9H13BrN2O3/c10-2-7(14)8(15)5-1-6(4-13)9(11)12-3-5/h1,3,7-8,13-15H,2,4H2,(H2,11,12). The Bertz CT molecular complexity index is 335. The molecule has 5 N–H and O–H groups in total. The van der Waals surface area contributed by atoms with Gasteiger partial charge in [-0.05, 0) is 6.07 Å². The lowest BCUT2D eigenvalue weighted by Crippen LogP contribution is -2.20. The maximum Gasteiger partial charge on any atom is 0.128 e. The molecule has 1 aromatic heterocycles. The smallest absolute Gasteiger partial charge is 0.128 e. The fraction of sp³-hybridized carbons (Fsp3) is 0.444. The van der Waals surface area contributed by atoms with E-state index in [1.54, 1.807) is 0 Å². The van der Waals surface area contributed by atoms with Crippen molar-refractivity contribution in [3.05, 3.63) is 23.4 Å². The molecule has 6 heteroatoms. The molecular weight excluding hydrogens is 264 g/mol. The number of aliphatic hydroxyl groups excluding tert-OH is 3. The third-order valence-electron chi connectivity index (χ3n) is 2.06. The number of hydrogen-bond acceptors (Lipinski definition) is 5. The van der Waals surface area contributed by atoms with Gasteiger partial charge in [0, 0.05) is 22.7 Å². The quantitative estimate of drug-likeness (QED) is 0.578. The fourth-order valence-corrected chi connectivity index (χ4v) is 1.49. The summed E-state index contributed by atoms with van der Waals surface area (Å²) in [6.07, 6.45) is -0.574. The predicted molar refractivity (Wildman–Crippen MR) is 59.3 cm³/mol. The SMILES string of the molecule is Nc1ncc(C(O)C(O)CBr)cc1CO. The van der Waals surface area contributed by atoms with Crippen molar-refractivity contribution in [2.75, 3.05) is 11.1 Å². The van der Waals surface area contributed by atoms with Crippen molar-refractivity contribution in [1.82, 2.24) is 4.98 Å². The van der Waals surface area contributed by atoms with E-state index in [-0.39, 0.29) is 17.8 Å². The number of halogens is 1. The van der Waals surface area contributed by atoms with Gasteiger partial charge in [-0.1, -0.05) is 15.9 Å². The van der Waals surface area contributed by atoms with Crippen molar-refractivity contribution in [3.63, 3.8) is 0 Å². The maximum absolute atomic E-state index is 9.66. The highest BCUT2D eigenvalue weighted by atomic mass is 79.9. The molecule has 0 aliphatic rings. The molecule has 0 spiro atoms. The highest BCUT2D eigenvalue weighted by Gasteiger charge is 2.18. The number of nitrogens with two attached hydrogens (primary N) is 1. The monoisotopic (exact) mass is 276 g/mol. The minimum Gasteiger partial charge on any atom is -0.392 e. The summed E-state index contributed by atoms with van der Waals surface area (Å²) in [4.78, 5) is 3.82. The van der Waals surface area contributed by atoms with Crippen LogP contribution in [0.15, 0.2) is 12.3 Å². The molecule has 0 radical (unpaired) electrons. The van der Waals surface area contributed by atoms with Crippen LogP contribution in [-0.2, 0) is 6.61 Å². The molecule has 0 fully saturated rings. The summed E-state index contributed by atoms with van der Waals surface area (Å²) in [5.41, 5.74) is 6.35. The molecule has 5 nitrogen and oxygen atoms in total. The number of nitrogen functional groups attached to an aromatic ring is 1. The summed E-state index contributed by atoms with van der Waals surface area (Å²) in [6, 6.07) is 1.53. The molecule has 0 amide bonds. The molecule has 1 heterocycles. The van der Waals surface area contributed by atoms with Crippen molar-refractivity contribution in [1.29, 1.82) is 0 Å². The van der Waals surface area contributed by atoms with Crippen molar-refractivity contribution >= 4 is 21.7 Å². The third kappa shape index (κ3) is 2.88. The lowest BCUT2D eigenvalue weighted by molar-refractivity contribution is 0.0340. The number of hydrogen-bond donors (Lipinski definition) is 4. The van der Waals surface area contributed by atoms with Gasteiger partial charge in [0.15, 0.2) is 0 Å². The summed E-state index contributed by atoms with van der Waals surface area (Å²) in [6.45, 7) is -0.246. The lowest BCUT2D eigenvalue weighted by Gasteiger charge is -2.16. The Kier molecular flexibility index (Phi) is 4.46. The highest BCUT2D eigenvalue weighted by molar-refractivity contribution is 9.09. The number of anilines is 1. The van der Waals surface area contributed by atoms with E-state index < -0.39 is 12.2 Å². The first kappa shape index (κ1) is 12.4. The van der Waals surface area contributed by atoms with E-state index in [2.05, 4.69) is 20.9 Å². The second-order valence-corrected chi connectivity index (χ2v) is 3.79. The number of alkyl halides is 1. The van der Waals surface area contributed by atoms with E-state index in [4.69, 9.17) is 10.8 Å². The van der Waals surface area contributed by atoms with E-state index in [9.17, 15) is 10.2 Å². The van der Waals surface area contributed by atoms with Crippen LogP contribution in [0.5, 0.6) is 0 Å². The minimum absolute atomic E-state index is 0.224. The first-order valence-electron chi connectivity index (χ1n) is 4.37. The van der Waals surface area contributed by atoms with Crippen molar-refractivity contribution in [2.45, 2.75) is 18.8 Å². The molecule has 0 saturated heterocycles.